The Kier molecular flexibility index (Phi) is 4.43. The fraction of sp³-hybridized carbons (Fsp3) is 0.167. The summed E-state index contributed by atoms with van der Waals surface area (Å²) in [5, 5.41) is 4.19. The van der Waals surface area contributed by atoms with Crippen molar-refractivity contribution in [3.8, 4) is 0 Å². The van der Waals surface area contributed by atoms with Gasteiger partial charge in [0.05, 0.1) is 28.0 Å². The van der Waals surface area contributed by atoms with Gasteiger partial charge in [-0.1, -0.05) is 23.2 Å². The number of nitrogens with zero attached hydrogens (tertiary/aromatic N) is 2. The van der Waals surface area contributed by atoms with Crippen molar-refractivity contribution in [2.75, 3.05) is 5.32 Å². The summed E-state index contributed by atoms with van der Waals surface area (Å²) < 4.78 is 0.776. The van der Waals surface area contributed by atoms with E-state index in [-0.39, 0.29) is 0 Å². The van der Waals surface area contributed by atoms with Crippen LogP contribution in [0.1, 0.15) is 11.5 Å². The lowest BCUT2D eigenvalue weighted by molar-refractivity contribution is 0.955. The van der Waals surface area contributed by atoms with E-state index in [1.807, 2.05) is 25.1 Å². The Morgan fingerprint density at radius 2 is 2.00 bits per heavy atom. The van der Waals surface area contributed by atoms with Crippen LogP contribution in [0.4, 0.5) is 5.69 Å². The fourth-order valence-electron chi connectivity index (χ4n) is 1.45. The molecule has 0 radical (unpaired) electrons. The number of aromatic nitrogens is 2. The molecule has 6 heteroatoms. The number of rotatable bonds is 3. The highest BCUT2D eigenvalue weighted by Gasteiger charge is 2.08. The molecule has 0 aliphatic rings. The molecular weight excluding hydrogens is 337 g/mol. The van der Waals surface area contributed by atoms with Gasteiger partial charge in [-0.2, -0.15) is 0 Å². The lowest BCUT2D eigenvalue weighted by Gasteiger charge is -2.10. The van der Waals surface area contributed by atoms with Crippen molar-refractivity contribution in [1.82, 2.24) is 9.97 Å². The standard InChI is InChI=1S/C12H10BrCl2N3/c1-7-16-5-4-8(18-7)6-17-10-3-2-9(13)11(14)12(10)15/h2-5,17H,6H2,1H3. The first-order valence-electron chi connectivity index (χ1n) is 5.24. The number of halogens is 3. The highest BCUT2D eigenvalue weighted by molar-refractivity contribution is 9.10. The maximum absolute atomic E-state index is 6.14. The predicted octanol–water partition coefficient (Wildman–Crippen LogP) is 4.47. The average Bonchev–Trinajstić information content (AvgIpc) is 2.35. The van der Waals surface area contributed by atoms with Crippen LogP contribution < -0.4 is 5.32 Å². The fourth-order valence-corrected chi connectivity index (χ4v) is 2.29. The quantitative estimate of drug-likeness (QED) is 0.833. The van der Waals surface area contributed by atoms with Gasteiger partial charge in [-0.05, 0) is 41.1 Å². The van der Waals surface area contributed by atoms with Crippen molar-refractivity contribution in [3.63, 3.8) is 0 Å². The number of nitrogens with one attached hydrogen (secondary N) is 1. The zero-order valence-electron chi connectivity index (χ0n) is 9.54. The Morgan fingerprint density at radius 3 is 2.72 bits per heavy atom. The number of aryl methyl sites for hydroxylation is 1. The summed E-state index contributed by atoms with van der Waals surface area (Å²) in [7, 11) is 0. The second kappa shape index (κ2) is 5.87. The number of benzene rings is 1. The molecule has 0 aliphatic carbocycles. The SMILES string of the molecule is Cc1nccc(CNc2ccc(Br)c(Cl)c2Cl)n1. The third-order valence-corrected chi connectivity index (χ3v) is 4.10. The van der Waals surface area contributed by atoms with Crippen LogP contribution in [0.2, 0.25) is 10.0 Å². The normalized spacial score (nSPS) is 10.4. The summed E-state index contributed by atoms with van der Waals surface area (Å²) in [5.74, 6) is 0.745. The molecule has 0 aliphatic heterocycles. The molecule has 2 aromatic rings. The molecule has 1 heterocycles. The van der Waals surface area contributed by atoms with Crippen LogP contribution in [-0.4, -0.2) is 9.97 Å². The van der Waals surface area contributed by atoms with Gasteiger partial charge in [0.2, 0.25) is 0 Å². The monoisotopic (exact) mass is 345 g/mol. The minimum Gasteiger partial charge on any atom is -0.378 e. The van der Waals surface area contributed by atoms with E-state index in [4.69, 9.17) is 23.2 Å². The van der Waals surface area contributed by atoms with E-state index in [1.54, 1.807) is 6.20 Å². The topological polar surface area (TPSA) is 37.8 Å². The largest absolute Gasteiger partial charge is 0.378 e. The lowest BCUT2D eigenvalue weighted by atomic mass is 10.3. The van der Waals surface area contributed by atoms with Crippen LogP contribution in [0, 0.1) is 6.92 Å². The Bertz CT molecular complexity index is 575. The summed E-state index contributed by atoms with van der Waals surface area (Å²) in [6.45, 7) is 2.42. The molecule has 0 fully saturated rings. The molecule has 0 saturated heterocycles. The maximum atomic E-state index is 6.14. The molecule has 0 unspecified atom stereocenters. The van der Waals surface area contributed by atoms with Crippen molar-refractivity contribution in [3.05, 3.63) is 50.4 Å². The van der Waals surface area contributed by atoms with Crippen LogP contribution in [0.5, 0.6) is 0 Å². The maximum Gasteiger partial charge on any atom is 0.125 e. The van der Waals surface area contributed by atoms with Gasteiger partial charge in [-0.3, -0.25) is 0 Å². The van der Waals surface area contributed by atoms with Gasteiger partial charge in [-0.15, -0.1) is 0 Å². The molecule has 0 amide bonds. The van der Waals surface area contributed by atoms with Crippen LogP contribution in [0.15, 0.2) is 28.9 Å². The first-order valence-corrected chi connectivity index (χ1v) is 6.78. The summed E-state index contributed by atoms with van der Waals surface area (Å²) in [6.07, 6.45) is 1.73. The van der Waals surface area contributed by atoms with E-state index in [9.17, 15) is 0 Å². The first-order chi connectivity index (χ1) is 8.58. The molecular formula is C12H10BrCl2N3. The molecule has 2 rings (SSSR count). The Hall–Kier alpha value is -0.840. The summed E-state index contributed by atoms with van der Waals surface area (Å²) >= 11 is 15.5. The van der Waals surface area contributed by atoms with Gasteiger partial charge >= 0.3 is 0 Å². The minimum absolute atomic E-state index is 0.497. The summed E-state index contributed by atoms with van der Waals surface area (Å²) in [6, 6.07) is 5.57. The Morgan fingerprint density at radius 1 is 1.22 bits per heavy atom. The molecule has 0 atom stereocenters. The van der Waals surface area contributed by atoms with Crippen molar-refractivity contribution in [1.29, 1.82) is 0 Å². The van der Waals surface area contributed by atoms with E-state index in [0.717, 1.165) is 21.7 Å². The van der Waals surface area contributed by atoms with E-state index in [2.05, 4.69) is 31.2 Å². The first kappa shape index (κ1) is 13.6. The molecule has 94 valence electrons. The average molecular weight is 347 g/mol. The van der Waals surface area contributed by atoms with Crippen LogP contribution in [0.3, 0.4) is 0 Å². The van der Waals surface area contributed by atoms with E-state index < -0.39 is 0 Å². The van der Waals surface area contributed by atoms with E-state index >= 15 is 0 Å². The zero-order chi connectivity index (χ0) is 13.1. The van der Waals surface area contributed by atoms with Crippen molar-refractivity contribution in [2.45, 2.75) is 13.5 Å². The molecule has 18 heavy (non-hydrogen) atoms. The van der Waals surface area contributed by atoms with Gasteiger partial charge in [0, 0.05) is 10.7 Å². The van der Waals surface area contributed by atoms with Crippen molar-refractivity contribution < 1.29 is 0 Å². The third-order valence-electron chi connectivity index (χ3n) is 2.33. The van der Waals surface area contributed by atoms with E-state index in [0.29, 0.717) is 16.6 Å². The van der Waals surface area contributed by atoms with Gasteiger partial charge in [-0.25, -0.2) is 9.97 Å². The number of hydrogen-bond donors (Lipinski definition) is 1. The van der Waals surface area contributed by atoms with Gasteiger partial charge in [0.25, 0.3) is 0 Å². The molecule has 1 aromatic heterocycles. The predicted molar refractivity (Wildman–Crippen MR) is 78.3 cm³/mol. The second-order valence-corrected chi connectivity index (χ2v) is 5.28. The zero-order valence-corrected chi connectivity index (χ0v) is 12.6. The lowest BCUT2D eigenvalue weighted by Crippen LogP contribution is -2.03. The van der Waals surface area contributed by atoms with Crippen molar-refractivity contribution >= 4 is 44.8 Å². The molecule has 0 bridgehead atoms. The Labute approximate surface area is 124 Å². The molecule has 1 N–H and O–H groups in total. The number of hydrogen-bond acceptors (Lipinski definition) is 3. The van der Waals surface area contributed by atoms with Gasteiger partial charge in [0.15, 0.2) is 0 Å². The number of anilines is 1. The van der Waals surface area contributed by atoms with Crippen LogP contribution >= 0.6 is 39.1 Å². The van der Waals surface area contributed by atoms with Crippen molar-refractivity contribution in [2.24, 2.45) is 0 Å². The minimum atomic E-state index is 0.497. The highest BCUT2D eigenvalue weighted by Crippen LogP contribution is 2.35. The highest BCUT2D eigenvalue weighted by atomic mass is 79.9. The van der Waals surface area contributed by atoms with Gasteiger partial charge < -0.3 is 5.32 Å². The smallest absolute Gasteiger partial charge is 0.125 e. The molecule has 1 aromatic carbocycles. The van der Waals surface area contributed by atoms with E-state index in [1.165, 1.54) is 0 Å². The third kappa shape index (κ3) is 3.13. The molecule has 0 spiro atoms. The molecule has 0 saturated carbocycles. The van der Waals surface area contributed by atoms with Crippen LogP contribution in [-0.2, 0) is 6.54 Å². The molecule has 3 nitrogen and oxygen atoms in total. The summed E-state index contributed by atoms with van der Waals surface area (Å²) in [4.78, 5) is 8.34. The van der Waals surface area contributed by atoms with Crippen LogP contribution in [0.25, 0.3) is 0 Å². The second-order valence-electron chi connectivity index (χ2n) is 3.67. The summed E-state index contributed by atoms with van der Waals surface area (Å²) in [5.41, 5.74) is 1.68. The Balaban J connectivity index is 2.14. The van der Waals surface area contributed by atoms with Gasteiger partial charge in [0.1, 0.15) is 5.82 Å².